The minimum Gasteiger partial charge on any atom is -0.483 e. The minimum atomic E-state index is -4.07. The average molecular weight is 471 g/mol. The molecular formula is C21H24ClFN2O5S. The summed E-state index contributed by atoms with van der Waals surface area (Å²) in [6.45, 7) is 5.26. The SMILES string of the molecule is CC(C)(C)OC(=O)Cc1cc(Cl)c2c(c1)N(S(=O)(=O)c1ccc(F)cc1)C[C@H](CN)O2. The molecule has 1 heterocycles. The molecule has 0 unspecified atom stereocenters. The van der Waals surface area contributed by atoms with Crippen molar-refractivity contribution in [3.8, 4) is 5.75 Å². The first-order chi connectivity index (χ1) is 14.4. The van der Waals surface area contributed by atoms with Gasteiger partial charge in [0.15, 0.2) is 5.75 Å². The summed E-state index contributed by atoms with van der Waals surface area (Å²) < 4.78 is 52.2. The zero-order valence-electron chi connectivity index (χ0n) is 17.4. The van der Waals surface area contributed by atoms with Gasteiger partial charge in [0.25, 0.3) is 10.0 Å². The molecule has 1 aliphatic rings. The first-order valence-corrected chi connectivity index (χ1v) is 11.4. The standard InChI is InChI=1S/C21H24ClFN2O5S/c1-21(2,3)30-19(26)10-13-8-17(22)20-18(9-13)25(12-15(11-24)29-20)31(27,28)16-6-4-14(23)5-7-16/h4-9,15H,10-12,24H2,1-3H3/t15-/m0/s1. The summed E-state index contributed by atoms with van der Waals surface area (Å²) in [6, 6.07) is 7.57. The number of hydrogen-bond donors (Lipinski definition) is 1. The number of fused-ring (bicyclic) bond motifs is 1. The van der Waals surface area contributed by atoms with Crippen LogP contribution in [0, 0.1) is 5.82 Å². The van der Waals surface area contributed by atoms with E-state index in [1.807, 2.05) is 0 Å². The first kappa shape index (κ1) is 23.3. The van der Waals surface area contributed by atoms with E-state index in [1.165, 1.54) is 24.3 Å². The van der Waals surface area contributed by atoms with Crippen molar-refractivity contribution in [1.82, 2.24) is 0 Å². The third kappa shape index (κ3) is 5.28. The third-order valence-corrected chi connectivity index (χ3v) is 6.51. The Kier molecular flexibility index (Phi) is 6.50. The number of hydrogen-bond acceptors (Lipinski definition) is 6. The predicted molar refractivity (Wildman–Crippen MR) is 115 cm³/mol. The molecule has 31 heavy (non-hydrogen) atoms. The quantitative estimate of drug-likeness (QED) is 0.673. The van der Waals surface area contributed by atoms with Crippen molar-refractivity contribution in [3.05, 3.63) is 52.8 Å². The number of anilines is 1. The zero-order chi connectivity index (χ0) is 23.0. The van der Waals surface area contributed by atoms with Crippen LogP contribution >= 0.6 is 11.6 Å². The Hall–Kier alpha value is -2.36. The van der Waals surface area contributed by atoms with Crippen molar-refractivity contribution in [2.45, 2.75) is 43.8 Å². The molecule has 168 valence electrons. The van der Waals surface area contributed by atoms with Gasteiger partial charge in [0.05, 0.1) is 28.6 Å². The van der Waals surface area contributed by atoms with Gasteiger partial charge < -0.3 is 15.2 Å². The molecule has 0 amide bonds. The zero-order valence-corrected chi connectivity index (χ0v) is 19.0. The highest BCUT2D eigenvalue weighted by Crippen LogP contribution is 2.43. The molecule has 3 rings (SSSR count). The molecule has 0 saturated heterocycles. The molecule has 0 saturated carbocycles. The van der Waals surface area contributed by atoms with E-state index in [0.717, 1.165) is 16.4 Å². The van der Waals surface area contributed by atoms with Gasteiger partial charge in [0.2, 0.25) is 0 Å². The maximum atomic E-state index is 13.3. The van der Waals surface area contributed by atoms with Gasteiger partial charge in [-0.1, -0.05) is 11.6 Å². The van der Waals surface area contributed by atoms with Gasteiger partial charge in [-0.05, 0) is 62.7 Å². The lowest BCUT2D eigenvalue weighted by atomic mass is 10.1. The third-order valence-electron chi connectivity index (χ3n) is 4.44. The Labute approximate surface area is 185 Å². The second-order valence-electron chi connectivity index (χ2n) is 8.15. The number of rotatable bonds is 5. The maximum Gasteiger partial charge on any atom is 0.310 e. The number of nitrogens with zero attached hydrogens (tertiary/aromatic N) is 1. The van der Waals surface area contributed by atoms with Crippen LogP contribution in [0.4, 0.5) is 10.1 Å². The minimum absolute atomic E-state index is 0.0601. The normalized spacial score (nSPS) is 16.5. The van der Waals surface area contributed by atoms with Gasteiger partial charge in [-0.2, -0.15) is 0 Å². The molecule has 2 N–H and O–H groups in total. The molecule has 0 spiro atoms. The summed E-state index contributed by atoms with van der Waals surface area (Å²) in [5, 5.41) is 0.147. The van der Waals surface area contributed by atoms with Gasteiger partial charge in [0.1, 0.15) is 17.5 Å². The molecule has 2 aromatic carbocycles. The van der Waals surface area contributed by atoms with Crippen LogP contribution in [-0.4, -0.2) is 39.2 Å². The van der Waals surface area contributed by atoms with Crippen LogP contribution in [0.2, 0.25) is 5.02 Å². The molecule has 0 radical (unpaired) electrons. The van der Waals surface area contributed by atoms with Crippen LogP contribution in [-0.2, 0) is 26.0 Å². The fourth-order valence-electron chi connectivity index (χ4n) is 3.15. The lowest BCUT2D eigenvalue weighted by Gasteiger charge is -2.35. The van der Waals surface area contributed by atoms with Gasteiger partial charge in [0, 0.05) is 6.54 Å². The number of benzene rings is 2. The van der Waals surface area contributed by atoms with Crippen molar-refractivity contribution < 1.29 is 27.1 Å². The van der Waals surface area contributed by atoms with E-state index in [9.17, 15) is 17.6 Å². The summed E-state index contributed by atoms with van der Waals surface area (Å²) in [4.78, 5) is 12.2. The van der Waals surface area contributed by atoms with Crippen molar-refractivity contribution in [1.29, 1.82) is 0 Å². The molecule has 0 aliphatic carbocycles. The van der Waals surface area contributed by atoms with Crippen LogP contribution in [0.15, 0.2) is 41.3 Å². The molecular weight excluding hydrogens is 447 g/mol. The van der Waals surface area contributed by atoms with E-state index >= 15 is 0 Å². The lowest BCUT2D eigenvalue weighted by Crippen LogP contribution is -2.46. The number of sulfonamides is 1. The fourth-order valence-corrected chi connectivity index (χ4v) is 4.93. The van der Waals surface area contributed by atoms with E-state index in [2.05, 4.69) is 0 Å². The Morgan fingerprint density at radius 3 is 2.52 bits per heavy atom. The number of carbonyl (C=O) groups excluding carboxylic acids is 1. The van der Waals surface area contributed by atoms with Crippen molar-refractivity contribution in [2.75, 3.05) is 17.4 Å². The van der Waals surface area contributed by atoms with Gasteiger partial charge >= 0.3 is 5.97 Å². The lowest BCUT2D eigenvalue weighted by molar-refractivity contribution is -0.153. The van der Waals surface area contributed by atoms with Crippen molar-refractivity contribution in [3.63, 3.8) is 0 Å². The largest absolute Gasteiger partial charge is 0.483 e. The average Bonchev–Trinajstić information content (AvgIpc) is 2.66. The number of halogens is 2. The van der Waals surface area contributed by atoms with Crippen LogP contribution < -0.4 is 14.8 Å². The highest BCUT2D eigenvalue weighted by molar-refractivity contribution is 7.92. The van der Waals surface area contributed by atoms with Crippen LogP contribution in [0.3, 0.4) is 0 Å². The summed E-state index contributed by atoms with van der Waals surface area (Å²) in [5.41, 5.74) is 5.71. The summed E-state index contributed by atoms with van der Waals surface area (Å²) in [6.07, 6.45) is -0.730. The predicted octanol–water partition coefficient (Wildman–Crippen LogP) is 3.28. The van der Waals surface area contributed by atoms with E-state index < -0.39 is 33.5 Å². The second-order valence-corrected chi connectivity index (χ2v) is 10.4. The fraction of sp³-hybridized carbons (Fsp3) is 0.381. The number of carbonyl (C=O) groups is 1. The van der Waals surface area contributed by atoms with E-state index in [1.54, 1.807) is 20.8 Å². The summed E-state index contributed by atoms with van der Waals surface area (Å²) >= 11 is 6.38. The Bertz CT molecular complexity index is 1080. The maximum absolute atomic E-state index is 13.3. The second kappa shape index (κ2) is 8.64. The number of nitrogens with two attached hydrogens (primary N) is 1. The molecule has 0 fully saturated rings. The molecule has 7 nitrogen and oxygen atoms in total. The van der Waals surface area contributed by atoms with E-state index in [4.69, 9.17) is 26.8 Å². The van der Waals surface area contributed by atoms with Gasteiger partial charge in [-0.3, -0.25) is 9.10 Å². The molecule has 0 bridgehead atoms. The number of ether oxygens (including phenoxy) is 2. The smallest absolute Gasteiger partial charge is 0.310 e. The number of esters is 1. The van der Waals surface area contributed by atoms with Crippen LogP contribution in [0.25, 0.3) is 0 Å². The highest BCUT2D eigenvalue weighted by atomic mass is 35.5. The topological polar surface area (TPSA) is 98.9 Å². The molecule has 0 aromatic heterocycles. The van der Waals surface area contributed by atoms with E-state index in [0.29, 0.717) is 5.56 Å². The van der Waals surface area contributed by atoms with Gasteiger partial charge in [-0.25, -0.2) is 12.8 Å². The van der Waals surface area contributed by atoms with E-state index in [-0.39, 0.29) is 40.9 Å². The van der Waals surface area contributed by atoms with Crippen molar-refractivity contribution >= 4 is 33.3 Å². The van der Waals surface area contributed by atoms with Crippen LogP contribution in [0.5, 0.6) is 5.75 Å². The Morgan fingerprint density at radius 1 is 1.29 bits per heavy atom. The Balaban J connectivity index is 2.04. The molecule has 1 aliphatic heterocycles. The first-order valence-electron chi connectivity index (χ1n) is 9.60. The van der Waals surface area contributed by atoms with Gasteiger partial charge in [-0.15, -0.1) is 0 Å². The highest BCUT2D eigenvalue weighted by Gasteiger charge is 2.36. The summed E-state index contributed by atoms with van der Waals surface area (Å²) in [7, 11) is -4.07. The monoisotopic (exact) mass is 470 g/mol. The van der Waals surface area contributed by atoms with Crippen LogP contribution in [0.1, 0.15) is 26.3 Å². The molecule has 2 aromatic rings. The molecule has 1 atom stereocenters. The summed E-state index contributed by atoms with van der Waals surface area (Å²) in [5.74, 6) is -0.876. The molecule has 10 heteroatoms. The Morgan fingerprint density at radius 2 is 1.94 bits per heavy atom. The van der Waals surface area contributed by atoms with Crippen molar-refractivity contribution in [2.24, 2.45) is 5.73 Å².